The van der Waals surface area contributed by atoms with Gasteiger partial charge in [-0.3, -0.25) is 0 Å². The molecule has 4 heteroatoms. The molecule has 0 radical (unpaired) electrons. The van der Waals surface area contributed by atoms with E-state index < -0.39 is 12.1 Å². The molecule has 0 aliphatic carbocycles. The van der Waals surface area contributed by atoms with Crippen molar-refractivity contribution in [3.8, 4) is 0 Å². The number of aliphatic hydroxyl groups excluding tert-OH is 1. The first-order valence-corrected chi connectivity index (χ1v) is 5.01. The average Bonchev–Trinajstić information content (AvgIpc) is 2.26. The van der Waals surface area contributed by atoms with Gasteiger partial charge in [-0.15, -0.1) is 0 Å². The van der Waals surface area contributed by atoms with Gasteiger partial charge >= 0.3 is 5.97 Å². The molecule has 0 saturated heterocycles. The number of methoxy groups -OCH3 is 1. The van der Waals surface area contributed by atoms with E-state index in [9.17, 15) is 9.90 Å². The molecule has 1 aromatic rings. The van der Waals surface area contributed by atoms with E-state index in [4.69, 9.17) is 0 Å². The van der Waals surface area contributed by atoms with E-state index in [1.165, 1.54) is 7.11 Å². The third kappa shape index (κ3) is 2.52. The molecule has 0 saturated carbocycles. The summed E-state index contributed by atoms with van der Waals surface area (Å²) in [4.78, 5) is 13.2. The Morgan fingerprint density at radius 3 is 2.56 bits per heavy atom. The third-order valence-electron chi connectivity index (χ3n) is 2.38. The molecule has 0 heterocycles. The zero-order chi connectivity index (χ0) is 12.3. The number of carbonyl (C=O) groups excluding carboxylic acids is 1. The van der Waals surface area contributed by atoms with Crippen LogP contribution >= 0.6 is 0 Å². The number of hydrogen-bond donors (Lipinski definition) is 1. The molecule has 1 rings (SSSR count). The highest BCUT2D eigenvalue weighted by molar-refractivity contribution is 5.79. The zero-order valence-electron chi connectivity index (χ0n) is 10.0. The maximum absolute atomic E-state index is 11.3. The molecule has 1 N–H and O–H groups in total. The Labute approximate surface area is 95.5 Å². The topological polar surface area (TPSA) is 49.8 Å². The minimum absolute atomic E-state index is 0.567. The maximum atomic E-state index is 11.3. The smallest absolute Gasteiger partial charge is 0.339 e. The van der Waals surface area contributed by atoms with Gasteiger partial charge in [-0.1, -0.05) is 17.7 Å². The van der Waals surface area contributed by atoms with Crippen molar-refractivity contribution in [1.82, 2.24) is 0 Å². The molecular weight excluding hydrogens is 206 g/mol. The van der Waals surface area contributed by atoms with E-state index >= 15 is 0 Å². The van der Waals surface area contributed by atoms with Gasteiger partial charge in [0.1, 0.15) is 0 Å². The number of aliphatic hydroxyl groups is 1. The van der Waals surface area contributed by atoms with Gasteiger partial charge in [0.2, 0.25) is 0 Å². The van der Waals surface area contributed by atoms with Crippen molar-refractivity contribution in [3.05, 3.63) is 29.3 Å². The number of hydrogen-bond acceptors (Lipinski definition) is 4. The predicted molar refractivity (Wildman–Crippen MR) is 62.5 cm³/mol. The molecular formula is C12H17NO3. The summed E-state index contributed by atoms with van der Waals surface area (Å²) in [7, 11) is 4.98. The molecule has 1 unspecified atom stereocenters. The number of nitrogens with zero attached hydrogens (tertiary/aromatic N) is 1. The largest absolute Gasteiger partial charge is 0.467 e. The van der Waals surface area contributed by atoms with Crippen LogP contribution < -0.4 is 4.90 Å². The highest BCUT2D eigenvalue weighted by Crippen LogP contribution is 2.27. The zero-order valence-corrected chi connectivity index (χ0v) is 10.0. The molecule has 1 aromatic carbocycles. The Kier molecular flexibility index (Phi) is 3.90. The molecule has 0 bridgehead atoms. The van der Waals surface area contributed by atoms with Gasteiger partial charge < -0.3 is 14.7 Å². The molecule has 4 nitrogen and oxygen atoms in total. The van der Waals surface area contributed by atoms with Gasteiger partial charge in [-0.25, -0.2) is 4.79 Å². The summed E-state index contributed by atoms with van der Waals surface area (Å²) in [5.41, 5.74) is 2.36. The fraction of sp³-hybridized carbons (Fsp3) is 0.417. The molecule has 0 amide bonds. The monoisotopic (exact) mass is 223 g/mol. The van der Waals surface area contributed by atoms with Crippen molar-refractivity contribution in [3.63, 3.8) is 0 Å². The lowest BCUT2D eigenvalue weighted by molar-refractivity contribution is -0.150. The van der Waals surface area contributed by atoms with Crippen LogP contribution in [-0.4, -0.2) is 32.3 Å². The number of benzene rings is 1. The second-order valence-corrected chi connectivity index (χ2v) is 3.88. The molecule has 16 heavy (non-hydrogen) atoms. The minimum atomic E-state index is -1.23. The summed E-state index contributed by atoms with van der Waals surface area (Å²) in [6.07, 6.45) is -1.23. The normalized spacial score (nSPS) is 12.1. The molecule has 0 aliphatic rings. The van der Waals surface area contributed by atoms with Crippen molar-refractivity contribution in [2.24, 2.45) is 0 Å². The predicted octanol–water partition coefficient (Wildman–Crippen LogP) is 1.27. The maximum Gasteiger partial charge on any atom is 0.339 e. The Hall–Kier alpha value is -1.55. The van der Waals surface area contributed by atoms with E-state index in [1.54, 1.807) is 6.07 Å². The van der Waals surface area contributed by atoms with Crippen LogP contribution in [0.5, 0.6) is 0 Å². The third-order valence-corrected chi connectivity index (χ3v) is 2.38. The lowest BCUT2D eigenvalue weighted by Crippen LogP contribution is -2.18. The highest BCUT2D eigenvalue weighted by atomic mass is 16.5. The molecule has 0 aliphatic heterocycles. The highest BCUT2D eigenvalue weighted by Gasteiger charge is 2.21. The fourth-order valence-corrected chi connectivity index (χ4v) is 1.54. The summed E-state index contributed by atoms with van der Waals surface area (Å²) in [6, 6.07) is 5.59. The number of carbonyl (C=O) groups is 1. The van der Waals surface area contributed by atoms with Crippen LogP contribution in [0.1, 0.15) is 17.2 Å². The quantitative estimate of drug-likeness (QED) is 0.784. The first-order chi connectivity index (χ1) is 7.47. The van der Waals surface area contributed by atoms with Crippen LogP contribution in [0, 0.1) is 6.92 Å². The van der Waals surface area contributed by atoms with Crippen molar-refractivity contribution in [1.29, 1.82) is 0 Å². The summed E-state index contributed by atoms with van der Waals surface area (Å²) in [5, 5.41) is 9.84. The van der Waals surface area contributed by atoms with E-state index in [-0.39, 0.29) is 0 Å². The van der Waals surface area contributed by atoms with Crippen LogP contribution in [-0.2, 0) is 9.53 Å². The van der Waals surface area contributed by atoms with Crippen molar-refractivity contribution in [2.75, 3.05) is 26.1 Å². The summed E-state index contributed by atoms with van der Waals surface area (Å²) >= 11 is 0. The first-order valence-electron chi connectivity index (χ1n) is 5.01. The van der Waals surface area contributed by atoms with Crippen LogP contribution in [0.15, 0.2) is 18.2 Å². The minimum Gasteiger partial charge on any atom is -0.467 e. The van der Waals surface area contributed by atoms with Gasteiger partial charge in [0, 0.05) is 25.3 Å². The molecule has 88 valence electrons. The number of esters is 1. The standard InChI is InChI=1S/C12H17NO3/c1-8-5-6-10(13(2)3)9(7-8)11(14)12(15)16-4/h5-7,11,14H,1-4H3. The first kappa shape index (κ1) is 12.5. The second-order valence-electron chi connectivity index (χ2n) is 3.88. The molecule has 0 fully saturated rings. The second kappa shape index (κ2) is 4.99. The number of rotatable bonds is 3. The molecule has 1 atom stereocenters. The van der Waals surface area contributed by atoms with E-state index in [2.05, 4.69) is 4.74 Å². The Bertz CT molecular complexity index is 388. The van der Waals surface area contributed by atoms with Crippen LogP contribution in [0.2, 0.25) is 0 Å². The van der Waals surface area contributed by atoms with Gasteiger partial charge in [0.25, 0.3) is 0 Å². The van der Waals surface area contributed by atoms with E-state index in [1.807, 2.05) is 38.1 Å². The van der Waals surface area contributed by atoms with E-state index in [0.717, 1.165) is 11.3 Å². The SMILES string of the molecule is COC(=O)C(O)c1cc(C)ccc1N(C)C. The lowest BCUT2D eigenvalue weighted by atomic mass is 10.0. The van der Waals surface area contributed by atoms with Gasteiger partial charge in [0.05, 0.1) is 7.11 Å². The van der Waals surface area contributed by atoms with Crippen molar-refractivity contribution < 1.29 is 14.6 Å². The lowest BCUT2D eigenvalue weighted by Gasteiger charge is -2.20. The van der Waals surface area contributed by atoms with Gasteiger partial charge in [-0.05, 0) is 13.0 Å². The molecule has 0 spiro atoms. The van der Waals surface area contributed by atoms with E-state index in [0.29, 0.717) is 5.56 Å². The summed E-state index contributed by atoms with van der Waals surface area (Å²) in [6.45, 7) is 1.91. The number of aryl methyl sites for hydroxylation is 1. The average molecular weight is 223 g/mol. The van der Waals surface area contributed by atoms with Crippen molar-refractivity contribution in [2.45, 2.75) is 13.0 Å². The Morgan fingerprint density at radius 1 is 1.44 bits per heavy atom. The summed E-state index contributed by atoms with van der Waals surface area (Å²) < 4.78 is 4.53. The number of ether oxygens (including phenoxy) is 1. The van der Waals surface area contributed by atoms with Gasteiger partial charge in [0.15, 0.2) is 6.10 Å². The Morgan fingerprint density at radius 2 is 2.06 bits per heavy atom. The van der Waals surface area contributed by atoms with Gasteiger partial charge in [-0.2, -0.15) is 0 Å². The number of anilines is 1. The van der Waals surface area contributed by atoms with Crippen LogP contribution in [0.3, 0.4) is 0 Å². The fourth-order valence-electron chi connectivity index (χ4n) is 1.54. The molecule has 0 aromatic heterocycles. The van der Waals surface area contributed by atoms with Crippen LogP contribution in [0.25, 0.3) is 0 Å². The van der Waals surface area contributed by atoms with Crippen molar-refractivity contribution >= 4 is 11.7 Å². The Balaban J connectivity index is 3.19. The van der Waals surface area contributed by atoms with Crippen LogP contribution in [0.4, 0.5) is 5.69 Å². The summed E-state index contributed by atoms with van der Waals surface area (Å²) in [5.74, 6) is -0.645.